The topological polar surface area (TPSA) is 210 Å². The van der Waals surface area contributed by atoms with Crippen molar-refractivity contribution in [2.75, 3.05) is 0 Å². The third-order valence-corrected chi connectivity index (χ3v) is 10.9. The van der Waals surface area contributed by atoms with E-state index < -0.39 is 17.9 Å². The van der Waals surface area contributed by atoms with Crippen LogP contribution in [0.1, 0.15) is 290 Å². The fourth-order valence-electron chi connectivity index (χ4n) is 7.02. The van der Waals surface area contributed by atoms with Gasteiger partial charge in [-0.2, -0.15) is 0 Å². The summed E-state index contributed by atoms with van der Waals surface area (Å²) in [5.41, 5.74) is 0. The molecule has 0 fully saturated rings. The maximum absolute atomic E-state index is 10.2. The van der Waals surface area contributed by atoms with Gasteiger partial charge in [-0.1, -0.05) is 211 Å². The molecule has 9 nitrogen and oxygen atoms in total. The molecule has 0 bridgehead atoms. The van der Waals surface area contributed by atoms with Gasteiger partial charge >= 0.3 is 34.1 Å². The van der Waals surface area contributed by atoms with Gasteiger partial charge in [0.15, 0.2) is 0 Å². The zero-order chi connectivity index (χ0) is 44.7. The van der Waals surface area contributed by atoms with Crippen molar-refractivity contribution < 1.29 is 80.3 Å². The number of hydrogen-bond acceptors (Lipinski definition) is 9. The number of carbonyl (C=O) groups excluding carboxylic acids is 3. The van der Waals surface area contributed by atoms with Gasteiger partial charge in [0.1, 0.15) is 0 Å². The van der Waals surface area contributed by atoms with Crippen LogP contribution < -0.4 is 15.3 Å². The number of carbonyl (C=O) groups is 3. The average molecular weight is 1010 g/mol. The molecule has 0 aliphatic rings. The molecule has 0 saturated heterocycles. The summed E-state index contributed by atoms with van der Waals surface area (Å²) in [5.74, 6) is -2.74. The van der Waals surface area contributed by atoms with Crippen LogP contribution in [0.3, 0.4) is 0 Å². The van der Waals surface area contributed by atoms with E-state index in [0.717, 1.165) is 57.8 Å². The van der Waals surface area contributed by atoms with Crippen LogP contribution in [0.25, 0.3) is 0 Å². The van der Waals surface area contributed by atoms with E-state index in [1.165, 1.54) is 193 Å². The molecule has 0 aliphatic heterocycles. The molecule has 0 aromatic heterocycles. The molecule has 388 valence electrons. The van der Waals surface area contributed by atoms with Crippen LogP contribution in [-0.4, -0.2) is 34.3 Å². The number of carboxylic acids is 3. The zero-order valence-corrected chi connectivity index (χ0v) is 44.4. The zero-order valence-electron chi connectivity index (χ0n) is 42.2. The summed E-state index contributed by atoms with van der Waals surface area (Å²) in [5, 5.41) is 30.6. The van der Waals surface area contributed by atoms with Crippen molar-refractivity contribution in [1.82, 2.24) is 0 Å². The monoisotopic (exact) mass is 1010 g/mol. The second-order valence-electron chi connectivity index (χ2n) is 17.1. The molecule has 0 unspecified atom stereocenters. The standard InChI is InChI=1S/3C18H34O2.2Fe.3H2O/c3*1-2-3-4-5-6-7-8-9-10-11-12-13-14-15-16-17-18(19)20;;;;;/h3*9-10H,2-8,11-17H2,1H3,(H,19,20);;;3*1H2/q;;;2*+3;;;/p-6/b3*10-9-;;;;;. The Kier molecular flexibility index (Phi) is 95.2. The minimum Gasteiger partial charge on any atom is -0.870 e. The Labute approximate surface area is 423 Å². The Bertz CT molecular complexity index is 842. The summed E-state index contributed by atoms with van der Waals surface area (Å²) in [6.07, 6.45) is 62.7. The normalized spacial score (nSPS) is 10.4. The summed E-state index contributed by atoms with van der Waals surface area (Å²) < 4.78 is 0. The van der Waals surface area contributed by atoms with E-state index in [1.54, 1.807) is 0 Å². The molecule has 0 amide bonds. The number of allylic oxidation sites excluding steroid dienone is 6. The third kappa shape index (κ3) is 93.4. The van der Waals surface area contributed by atoms with E-state index in [-0.39, 0.29) is 69.8 Å². The molecule has 0 atom stereocenters. The second-order valence-corrected chi connectivity index (χ2v) is 17.1. The minimum atomic E-state index is -0.914. The Morgan fingerprint density at radius 3 is 0.554 bits per heavy atom. The molecule has 0 spiro atoms. The number of rotatable bonds is 45. The second kappa shape index (κ2) is 76.8. The molecular weight excluding hydrogens is 904 g/mol. The van der Waals surface area contributed by atoms with Crippen LogP contribution in [0.15, 0.2) is 36.5 Å². The molecule has 65 heavy (non-hydrogen) atoms. The molecule has 3 N–H and O–H groups in total. The van der Waals surface area contributed by atoms with Crippen molar-refractivity contribution in [1.29, 1.82) is 0 Å². The SMILES string of the molecule is CCCCCCCC/C=C\CCCCCCCC(=O)[O-].CCCCCCCC/C=C\CCCCCCCC(=O)[O-].CCCCCCCC/C=C\CCCCCCCC(=O)[O-].[Fe+3].[Fe+3].[OH-].[OH-].[OH-]. The van der Waals surface area contributed by atoms with Crippen molar-refractivity contribution >= 4 is 17.9 Å². The summed E-state index contributed by atoms with van der Waals surface area (Å²) in [4.78, 5) is 30.6. The summed E-state index contributed by atoms with van der Waals surface area (Å²) in [6.45, 7) is 6.77. The molecule has 0 aromatic carbocycles. The van der Waals surface area contributed by atoms with Crippen molar-refractivity contribution in [2.24, 2.45) is 0 Å². The van der Waals surface area contributed by atoms with Gasteiger partial charge in [-0.25, -0.2) is 0 Å². The van der Waals surface area contributed by atoms with E-state index in [9.17, 15) is 29.7 Å². The van der Waals surface area contributed by atoms with Gasteiger partial charge in [0, 0.05) is 17.9 Å². The van der Waals surface area contributed by atoms with E-state index in [0.29, 0.717) is 0 Å². The Morgan fingerprint density at radius 2 is 0.400 bits per heavy atom. The number of aliphatic carboxylic acids is 3. The van der Waals surface area contributed by atoms with E-state index in [1.807, 2.05) is 0 Å². The Hall–Kier alpha value is -1.45. The maximum Gasteiger partial charge on any atom is 3.00 e. The molecular formula is C54H102Fe2O9. The summed E-state index contributed by atoms with van der Waals surface area (Å²) in [7, 11) is 0. The van der Waals surface area contributed by atoms with Crippen LogP contribution >= 0.6 is 0 Å². The Morgan fingerprint density at radius 1 is 0.262 bits per heavy atom. The molecule has 0 aromatic rings. The van der Waals surface area contributed by atoms with E-state index >= 15 is 0 Å². The first-order valence-corrected chi connectivity index (χ1v) is 25.9. The largest absolute Gasteiger partial charge is 3.00 e. The molecule has 2 radical (unpaired) electrons. The van der Waals surface area contributed by atoms with Gasteiger partial charge < -0.3 is 46.1 Å². The predicted octanol–water partition coefficient (Wildman–Crippen LogP) is 13.8. The van der Waals surface area contributed by atoms with Crippen molar-refractivity contribution in [3.63, 3.8) is 0 Å². The van der Waals surface area contributed by atoms with Gasteiger partial charge in [0.2, 0.25) is 0 Å². The maximum atomic E-state index is 10.2. The summed E-state index contributed by atoms with van der Waals surface area (Å²) >= 11 is 0. The van der Waals surface area contributed by atoms with Crippen LogP contribution in [0.2, 0.25) is 0 Å². The third-order valence-electron chi connectivity index (χ3n) is 10.9. The number of carboxylic acid groups (broad SMARTS) is 3. The quantitative estimate of drug-likeness (QED) is 0.0322. The molecule has 0 heterocycles. The number of unbranched alkanes of at least 4 members (excludes halogenated alkanes) is 33. The molecule has 0 aliphatic carbocycles. The van der Waals surface area contributed by atoms with Crippen molar-refractivity contribution in [3.05, 3.63) is 36.5 Å². The predicted molar refractivity (Wildman–Crippen MR) is 259 cm³/mol. The number of hydrogen-bond donors (Lipinski definition) is 0. The van der Waals surface area contributed by atoms with Gasteiger partial charge in [0.05, 0.1) is 0 Å². The Balaban J connectivity index is -0.000000120. The fourth-order valence-corrected chi connectivity index (χ4v) is 7.02. The van der Waals surface area contributed by atoms with E-state index in [2.05, 4.69) is 57.2 Å². The van der Waals surface area contributed by atoms with Gasteiger partial charge in [0.25, 0.3) is 0 Å². The van der Waals surface area contributed by atoms with Gasteiger partial charge in [-0.05, 0) is 116 Å². The molecule has 0 rings (SSSR count). The minimum absolute atomic E-state index is 0. The van der Waals surface area contributed by atoms with Crippen LogP contribution in [0, 0.1) is 0 Å². The van der Waals surface area contributed by atoms with Crippen LogP contribution in [0.5, 0.6) is 0 Å². The van der Waals surface area contributed by atoms with Crippen molar-refractivity contribution in [3.8, 4) is 0 Å². The fraction of sp³-hybridized carbons (Fsp3) is 0.833. The first-order chi connectivity index (χ1) is 29.3. The first kappa shape index (κ1) is 80.6. The smallest absolute Gasteiger partial charge is 0.870 e. The van der Waals surface area contributed by atoms with Crippen LogP contribution in [-0.2, 0) is 48.5 Å². The molecule has 11 heteroatoms. The van der Waals surface area contributed by atoms with Crippen LogP contribution in [0.4, 0.5) is 0 Å². The first-order valence-electron chi connectivity index (χ1n) is 25.9. The average Bonchev–Trinajstić information content (AvgIpc) is 3.22. The molecule has 0 saturated carbocycles. The summed E-state index contributed by atoms with van der Waals surface area (Å²) in [6, 6.07) is 0. The van der Waals surface area contributed by atoms with Crippen molar-refractivity contribution in [2.45, 2.75) is 290 Å². The van der Waals surface area contributed by atoms with Gasteiger partial charge in [-0.3, -0.25) is 0 Å². The van der Waals surface area contributed by atoms with E-state index in [4.69, 9.17) is 0 Å². The van der Waals surface area contributed by atoms with Gasteiger partial charge in [-0.15, -0.1) is 0 Å².